The molecule has 0 fully saturated rings. The molecule has 2 atom stereocenters. The number of nitrogen functional groups attached to an aromatic ring is 1. The van der Waals surface area contributed by atoms with Gasteiger partial charge in [0.25, 0.3) is 0 Å². The van der Waals surface area contributed by atoms with E-state index in [0.717, 1.165) is 26.9 Å². The third-order valence-electron chi connectivity index (χ3n) is 4.49. The van der Waals surface area contributed by atoms with Gasteiger partial charge in [0.15, 0.2) is 0 Å². The molecule has 2 aromatic carbocycles. The van der Waals surface area contributed by atoms with Gasteiger partial charge in [0, 0.05) is 15.7 Å². The number of esters is 1. The van der Waals surface area contributed by atoms with Crippen LogP contribution in [0.5, 0.6) is 5.75 Å². The van der Waals surface area contributed by atoms with Crippen LogP contribution in [-0.4, -0.2) is 26.2 Å². The Kier molecular flexibility index (Phi) is 5.64. The number of nitrogens with two attached hydrogens (primary N) is 1. The molecule has 0 radical (unpaired) electrons. The number of carbonyl (C=O) groups is 1. The fourth-order valence-corrected chi connectivity index (χ4v) is 3.48. The van der Waals surface area contributed by atoms with Gasteiger partial charge in [-0.05, 0) is 47.9 Å². The fourth-order valence-electron chi connectivity index (χ4n) is 3.12. The van der Waals surface area contributed by atoms with Gasteiger partial charge < -0.3 is 15.2 Å². The number of rotatable bonds is 4. The minimum Gasteiger partial charge on any atom is -0.497 e. The Balaban J connectivity index is 2.01. The molecule has 3 N–H and O–H groups in total. The topological polar surface area (TPSA) is 73.6 Å². The summed E-state index contributed by atoms with van der Waals surface area (Å²) >= 11 is 3.49. The third kappa shape index (κ3) is 3.92. The third-order valence-corrected chi connectivity index (χ3v) is 4.99. The molecule has 0 aromatic heterocycles. The molecule has 3 rings (SSSR count). The smallest absolute Gasteiger partial charge is 0.323 e. The maximum Gasteiger partial charge on any atom is 0.323 e. The van der Waals surface area contributed by atoms with Gasteiger partial charge in [-0.2, -0.15) is 0 Å². The number of anilines is 1. The molecule has 1 aliphatic rings. The summed E-state index contributed by atoms with van der Waals surface area (Å²) in [5.74, 6) is 0.497. The molecule has 5 nitrogen and oxygen atoms in total. The first-order valence-electron chi connectivity index (χ1n) is 8.25. The number of hydrogen-bond acceptors (Lipinski definition) is 5. The van der Waals surface area contributed by atoms with Gasteiger partial charge in [-0.25, -0.2) is 0 Å². The van der Waals surface area contributed by atoms with Gasteiger partial charge in [-0.1, -0.05) is 34.1 Å². The molecular weight excluding hydrogens is 396 g/mol. The normalized spacial score (nSPS) is 19.6. The first kappa shape index (κ1) is 18.5. The van der Waals surface area contributed by atoms with Gasteiger partial charge in [0.2, 0.25) is 0 Å². The number of ether oxygens (including phenoxy) is 2. The Morgan fingerprint density at radius 3 is 2.58 bits per heavy atom. The maximum atomic E-state index is 12.2. The highest BCUT2D eigenvalue weighted by atomic mass is 79.9. The van der Waals surface area contributed by atoms with E-state index in [-0.39, 0.29) is 12.0 Å². The predicted molar refractivity (Wildman–Crippen MR) is 106 cm³/mol. The van der Waals surface area contributed by atoms with Crippen molar-refractivity contribution >= 4 is 33.2 Å². The molecule has 0 saturated heterocycles. The van der Waals surface area contributed by atoms with Crippen LogP contribution in [0.3, 0.4) is 0 Å². The number of halogens is 1. The molecule has 0 aliphatic carbocycles. The van der Waals surface area contributed by atoms with Gasteiger partial charge >= 0.3 is 5.97 Å². The lowest BCUT2D eigenvalue weighted by Crippen LogP contribution is -2.42. The number of benzene rings is 2. The largest absolute Gasteiger partial charge is 0.497 e. The fraction of sp³-hybridized carbons (Fsp3) is 0.250. The van der Waals surface area contributed by atoms with Crippen LogP contribution in [0.25, 0.3) is 5.57 Å². The summed E-state index contributed by atoms with van der Waals surface area (Å²) < 4.78 is 11.1. The van der Waals surface area contributed by atoms with E-state index < -0.39 is 6.04 Å². The Hall–Kier alpha value is -2.31. The van der Waals surface area contributed by atoms with Crippen molar-refractivity contribution in [3.05, 3.63) is 64.1 Å². The molecule has 1 heterocycles. The standard InChI is InChI=1S/C20H21BrN2O3/c1-25-15-6-3-12(4-7-15)18-9-13(10-19(23-18)20(24)26-2)16-11-14(21)5-8-17(16)22/h3-9,11,18-19,23H,10,22H2,1-2H3. The summed E-state index contributed by atoms with van der Waals surface area (Å²) in [7, 11) is 3.03. The number of hydrogen-bond donors (Lipinski definition) is 2. The molecule has 0 spiro atoms. The van der Waals surface area contributed by atoms with E-state index in [1.54, 1.807) is 7.11 Å². The van der Waals surface area contributed by atoms with Crippen LogP contribution in [-0.2, 0) is 9.53 Å². The van der Waals surface area contributed by atoms with E-state index in [4.69, 9.17) is 15.2 Å². The Morgan fingerprint density at radius 2 is 1.92 bits per heavy atom. The van der Waals surface area contributed by atoms with Crippen molar-refractivity contribution in [2.75, 3.05) is 20.0 Å². The van der Waals surface area contributed by atoms with Crippen LogP contribution in [0.2, 0.25) is 0 Å². The monoisotopic (exact) mass is 416 g/mol. The van der Waals surface area contributed by atoms with Crippen molar-refractivity contribution in [3.8, 4) is 5.75 Å². The van der Waals surface area contributed by atoms with E-state index in [9.17, 15) is 4.79 Å². The highest BCUT2D eigenvalue weighted by Gasteiger charge is 2.29. The van der Waals surface area contributed by atoms with Crippen LogP contribution in [0.15, 0.2) is 53.0 Å². The van der Waals surface area contributed by atoms with Gasteiger partial charge in [-0.3, -0.25) is 10.1 Å². The molecule has 1 aliphatic heterocycles. The Bertz CT molecular complexity index is 833. The lowest BCUT2D eigenvalue weighted by atomic mass is 9.89. The minimum atomic E-state index is -0.439. The van der Waals surface area contributed by atoms with Crippen molar-refractivity contribution < 1.29 is 14.3 Å². The average Bonchev–Trinajstić information content (AvgIpc) is 2.68. The van der Waals surface area contributed by atoms with E-state index in [0.29, 0.717) is 12.1 Å². The first-order valence-corrected chi connectivity index (χ1v) is 9.05. The molecule has 6 heteroatoms. The number of nitrogens with one attached hydrogen (secondary N) is 1. The summed E-state index contributed by atoms with van der Waals surface area (Å²) in [4.78, 5) is 12.2. The number of methoxy groups -OCH3 is 2. The van der Waals surface area contributed by atoms with Crippen LogP contribution < -0.4 is 15.8 Å². The molecule has 0 bridgehead atoms. The quantitative estimate of drug-likeness (QED) is 0.586. The summed E-state index contributed by atoms with van der Waals surface area (Å²) in [6, 6.07) is 12.9. The van der Waals surface area contributed by atoms with Crippen molar-refractivity contribution in [2.45, 2.75) is 18.5 Å². The van der Waals surface area contributed by atoms with Crippen molar-refractivity contribution in [1.29, 1.82) is 0 Å². The summed E-state index contributed by atoms with van der Waals surface area (Å²) in [6.45, 7) is 0. The zero-order valence-electron chi connectivity index (χ0n) is 14.7. The highest BCUT2D eigenvalue weighted by Crippen LogP contribution is 2.35. The SMILES string of the molecule is COC(=O)C1CC(c2cc(Br)ccc2N)=CC(c2ccc(OC)cc2)N1. The second kappa shape index (κ2) is 7.93. The molecule has 2 aromatic rings. The second-order valence-electron chi connectivity index (χ2n) is 6.12. The van der Waals surface area contributed by atoms with Crippen molar-refractivity contribution in [1.82, 2.24) is 5.32 Å². The lowest BCUT2D eigenvalue weighted by molar-refractivity contribution is -0.143. The Labute approximate surface area is 161 Å². The van der Waals surface area contributed by atoms with E-state index in [1.807, 2.05) is 42.5 Å². The lowest BCUT2D eigenvalue weighted by Gasteiger charge is -2.30. The summed E-state index contributed by atoms with van der Waals surface area (Å²) in [6.07, 6.45) is 2.62. The van der Waals surface area contributed by atoms with E-state index >= 15 is 0 Å². The van der Waals surface area contributed by atoms with Gasteiger partial charge in [0.1, 0.15) is 11.8 Å². The van der Waals surface area contributed by atoms with Crippen LogP contribution in [0, 0.1) is 0 Å². The summed E-state index contributed by atoms with van der Waals surface area (Å²) in [5, 5.41) is 3.35. The number of carbonyl (C=O) groups excluding carboxylic acids is 1. The van der Waals surface area contributed by atoms with Crippen molar-refractivity contribution in [3.63, 3.8) is 0 Å². The first-order chi connectivity index (χ1) is 12.5. The molecule has 136 valence electrons. The average molecular weight is 417 g/mol. The van der Waals surface area contributed by atoms with Crippen LogP contribution in [0.1, 0.15) is 23.6 Å². The molecule has 2 unspecified atom stereocenters. The zero-order valence-corrected chi connectivity index (χ0v) is 16.2. The highest BCUT2D eigenvalue weighted by molar-refractivity contribution is 9.10. The molecule has 0 amide bonds. The predicted octanol–water partition coefficient (Wildman–Crippen LogP) is 3.70. The maximum absolute atomic E-state index is 12.2. The summed E-state index contributed by atoms with van der Waals surface area (Å²) in [5.41, 5.74) is 9.83. The Morgan fingerprint density at radius 1 is 1.19 bits per heavy atom. The van der Waals surface area contributed by atoms with Gasteiger partial charge in [0.05, 0.1) is 20.3 Å². The van der Waals surface area contributed by atoms with Gasteiger partial charge in [-0.15, -0.1) is 0 Å². The van der Waals surface area contributed by atoms with Crippen LogP contribution in [0.4, 0.5) is 5.69 Å². The molecule has 0 saturated carbocycles. The van der Waals surface area contributed by atoms with E-state index in [2.05, 4.69) is 27.3 Å². The van der Waals surface area contributed by atoms with E-state index in [1.165, 1.54) is 7.11 Å². The second-order valence-corrected chi connectivity index (χ2v) is 7.04. The van der Waals surface area contributed by atoms with Crippen molar-refractivity contribution in [2.24, 2.45) is 0 Å². The minimum absolute atomic E-state index is 0.132. The zero-order chi connectivity index (χ0) is 18.7. The van der Waals surface area contributed by atoms with Crippen LogP contribution >= 0.6 is 15.9 Å². The molecular formula is C20H21BrN2O3. The molecule has 26 heavy (non-hydrogen) atoms.